The lowest BCUT2D eigenvalue weighted by Gasteiger charge is -2.73. The molecular weight excluding hydrogens is 408 g/mol. The fourth-order valence-corrected chi connectivity index (χ4v) is 10.8. The van der Waals surface area contributed by atoms with Crippen molar-refractivity contribution in [2.45, 2.75) is 118 Å². The van der Waals surface area contributed by atoms with E-state index in [1.165, 1.54) is 5.57 Å². The highest BCUT2D eigenvalue weighted by Crippen LogP contribution is 2.76. The molecule has 5 rings (SSSR count). The first-order chi connectivity index (χ1) is 15.2. The standard InChI is InChI=1S/C30H50O3/c1-25(2)12-14-30(18-31)15-13-28(6)19(20(30)17-25)16-21(32)24-27(5)10-9-23(33)26(3,4)22(27)8-11-29(24,28)7/h17,19,21-24,31-33H,8-16,18H2,1-7H3/t19-,21-,22+,23+,24-,27+,28-,29-,30-/m1/s1. The van der Waals surface area contributed by atoms with Crippen molar-refractivity contribution in [3.8, 4) is 0 Å². The fourth-order valence-electron chi connectivity index (χ4n) is 10.8. The van der Waals surface area contributed by atoms with Crippen LogP contribution in [0.15, 0.2) is 11.6 Å². The summed E-state index contributed by atoms with van der Waals surface area (Å²) in [5.41, 5.74) is 1.77. The van der Waals surface area contributed by atoms with Crippen molar-refractivity contribution in [1.29, 1.82) is 0 Å². The fraction of sp³-hybridized carbons (Fsp3) is 0.933. The van der Waals surface area contributed by atoms with Gasteiger partial charge in [-0.3, -0.25) is 0 Å². The van der Waals surface area contributed by atoms with E-state index in [4.69, 9.17) is 0 Å². The Labute approximate surface area is 202 Å². The highest BCUT2D eigenvalue weighted by atomic mass is 16.3. The molecule has 188 valence electrons. The first-order valence-electron chi connectivity index (χ1n) is 13.9. The van der Waals surface area contributed by atoms with Crippen LogP contribution in [0.5, 0.6) is 0 Å². The molecule has 0 saturated heterocycles. The number of hydrogen-bond acceptors (Lipinski definition) is 3. The third-order valence-electron chi connectivity index (χ3n) is 13.0. The molecule has 5 aliphatic carbocycles. The van der Waals surface area contributed by atoms with Gasteiger partial charge >= 0.3 is 0 Å². The van der Waals surface area contributed by atoms with Crippen LogP contribution in [0.3, 0.4) is 0 Å². The van der Waals surface area contributed by atoms with E-state index < -0.39 is 0 Å². The maximum absolute atomic E-state index is 12.0. The summed E-state index contributed by atoms with van der Waals surface area (Å²) < 4.78 is 0. The number of aliphatic hydroxyl groups is 3. The van der Waals surface area contributed by atoms with Gasteiger partial charge in [-0.25, -0.2) is 0 Å². The second-order valence-electron chi connectivity index (χ2n) is 15.2. The summed E-state index contributed by atoms with van der Waals surface area (Å²) in [5.74, 6) is 1.08. The van der Waals surface area contributed by atoms with Crippen LogP contribution < -0.4 is 0 Å². The summed E-state index contributed by atoms with van der Waals surface area (Å²) in [4.78, 5) is 0. The quantitative estimate of drug-likeness (QED) is 0.415. The Kier molecular flexibility index (Phi) is 5.23. The van der Waals surface area contributed by atoms with E-state index in [2.05, 4.69) is 54.5 Å². The number of hydrogen-bond donors (Lipinski definition) is 3. The topological polar surface area (TPSA) is 60.7 Å². The number of aliphatic hydroxyl groups excluding tert-OH is 3. The molecule has 0 spiro atoms. The van der Waals surface area contributed by atoms with Crippen molar-refractivity contribution >= 4 is 0 Å². The molecule has 0 aromatic carbocycles. The summed E-state index contributed by atoms with van der Waals surface area (Å²) in [7, 11) is 0. The summed E-state index contributed by atoms with van der Waals surface area (Å²) in [6.45, 7) is 17.0. The van der Waals surface area contributed by atoms with Gasteiger partial charge in [-0.05, 0) is 103 Å². The Hall–Kier alpha value is -0.380. The van der Waals surface area contributed by atoms with Crippen LogP contribution >= 0.6 is 0 Å². The first-order valence-corrected chi connectivity index (χ1v) is 13.9. The van der Waals surface area contributed by atoms with Gasteiger partial charge < -0.3 is 15.3 Å². The highest BCUT2D eigenvalue weighted by molar-refractivity contribution is 5.33. The number of fused-ring (bicyclic) bond motifs is 7. The van der Waals surface area contributed by atoms with Crippen LogP contribution in [-0.4, -0.2) is 34.1 Å². The molecule has 0 aromatic rings. The maximum atomic E-state index is 12.0. The zero-order valence-electron chi connectivity index (χ0n) is 22.4. The summed E-state index contributed by atoms with van der Waals surface area (Å²) >= 11 is 0. The van der Waals surface area contributed by atoms with Crippen molar-refractivity contribution in [3.05, 3.63) is 11.6 Å². The van der Waals surface area contributed by atoms with Gasteiger partial charge in [0.1, 0.15) is 0 Å². The minimum absolute atomic E-state index is 0.0643. The highest BCUT2D eigenvalue weighted by Gasteiger charge is 2.71. The molecule has 0 radical (unpaired) electrons. The minimum atomic E-state index is -0.313. The van der Waals surface area contributed by atoms with E-state index in [1.54, 1.807) is 0 Å². The maximum Gasteiger partial charge on any atom is 0.0594 e. The van der Waals surface area contributed by atoms with Crippen molar-refractivity contribution in [3.63, 3.8) is 0 Å². The molecule has 3 nitrogen and oxygen atoms in total. The molecule has 0 aromatic heterocycles. The molecular formula is C30H50O3. The Morgan fingerprint density at radius 3 is 2.15 bits per heavy atom. The van der Waals surface area contributed by atoms with Crippen molar-refractivity contribution in [2.75, 3.05) is 6.61 Å². The second-order valence-corrected chi connectivity index (χ2v) is 15.2. The second kappa shape index (κ2) is 7.10. The molecule has 0 heterocycles. The molecule has 33 heavy (non-hydrogen) atoms. The van der Waals surface area contributed by atoms with Crippen LogP contribution in [0.4, 0.5) is 0 Å². The van der Waals surface area contributed by atoms with E-state index >= 15 is 0 Å². The van der Waals surface area contributed by atoms with Gasteiger partial charge in [0, 0.05) is 5.41 Å². The largest absolute Gasteiger partial charge is 0.395 e. The molecule has 0 bridgehead atoms. The zero-order chi connectivity index (χ0) is 24.2. The van der Waals surface area contributed by atoms with Gasteiger partial charge in [0.25, 0.3) is 0 Å². The van der Waals surface area contributed by atoms with Crippen molar-refractivity contribution in [1.82, 2.24) is 0 Å². The van der Waals surface area contributed by atoms with Gasteiger partial charge in [0.05, 0.1) is 18.8 Å². The van der Waals surface area contributed by atoms with Crippen LogP contribution in [0.2, 0.25) is 0 Å². The Balaban J connectivity index is 1.61. The average molecular weight is 459 g/mol. The Morgan fingerprint density at radius 1 is 0.818 bits per heavy atom. The normalized spacial score (nSPS) is 54.8. The summed E-state index contributed by atoms with van der Waals surface area (Å²) in [6.07, 6.45) is 11.4. The molecule has 5 aliphatic rings. The molecule has 3 heteroatoms. The number of allylic oxidation sites excluding steroid dienone is 1. The van der Waals surface area contributed by atoms with Gasteiger partial charge in [-0.15, -0.1) is 0 Å². The van der Waals surface area contributed by atoms with E-state index in [0.29, 0.717) is 11.8 Å². The van der Waals surface area contributed by atoms with E-state index in [-0.39, 0.29) is 57.2 Å². The lowest BCUT2D eigenvalue weighted by Crippen LogP contribution is -2.69. The first kappa shape index (κ1) is 24.3. The van der Waals surface area contributed by atoms with Gasteiger partial charge in [0.15, 0.2) is 0 Å². The average Bonchev–Trinajstić information content (AvgIpc) is 2.72. The summed E-state index contributed by atoms with van der Waals surface area (Å²) in [6, 6.07) is 0. The molecule has 4 fully saturated rings. The van der Waals surface area contributed by atoms with E-state index in [0.717, 1.165) is 57.8 Å². The molecule has 0 aliphatic heterocycles. The SMILES string of the molecule is CC1(C)C=C2[C@H]3C[C@@H](O)[C@@H]4[C@@]5(C)CC[C@H](O)C(C)(C)[C@@H]5CC[C@@]4(C)[C@]3(C)CC[C@@]2(CO)CC1. The van der Waals surface area contributed by atoms with Gasteiger partial charge in [0.2, 0.25) is 0 Å². The minimum Gasteiger partial charge on any atom is -0.395 e. The Morgan fingerprint density at radius 2 is 1.48 bits per heavy atom. The lowest BCUT2D eigenvalue weighted by molar-refractivity contribution is -0.260. The monoisotopic (exact) mass is 458 g/mol. The van der Waals surface area contributed by atoms with Crippen LogP contribution in [-0.2, 0) is 0 Å². The van der Waals surface area contributed by atoms with Gasteiger partial charge in [-0.2, -0.15) is 0 Å². The molecule has 9 atom stereocenters. The van der Waals surface area contributed by atoms with Gasteiger partial charge in [-0.1, -0.05) is 60.1 Å². The Bertz CT molecular complexity index is 843. The van der Waals surface area contributed by atoms with Crippen LogP contribution in [0.25, 0.3) is 0 Å². The third kappa shape index (κ3) is 2.97. The number of rotatable bonds is 1. The third-order valence-corrected chi connectivity index (χ3v) is 13.0. The molecule has 0 amide bonds. The summed E-state index contributed by atoms with van der Waals surface area (Å²) in [5, 5.41) is 33.5. The van der Waals surface area contributed by atoms with Crippen LogP contribution in [0, 0.1) is 50.2 Å². The van der Waals surface area contributed by atoms with Crippen molar-refractivity contribution in [2.24, 2.45) is 50.2 Å². The predicted molar refractivity (Wildman–Crippen MR) is 134 cm³/mol. The lowest BCUT2D eigenvalue weighted by atomic mass is 9.32. The smallest absolute Gasteiger partial charge is 0.0594 e. The van der Waals surface area contributed by atoms with Crippen molar-refractivity contribution < 1.29 is 15.3 Å². The van der Waals surface area contributed by atoms with Crippen LogP contribution in [0.1, 0.15) is 106 Å². The molecule has 4 saturated carbocycles. The molecule has 3 N–H and O–H groups in total. The predicted octanol–water partition coefficient (Wildman–Crippen LogP) is 6.11. The van der Waals surface area contributed by atoms with E-state index in [9.17, 15) is 15.3 Å². The molecule has 0 unspecified atom stereocenters. The van der Waals surface area contributed by atoms with E-state index in [1.807, 2.05) is 0 Å². The zero-order valence-corrected chi connectivity index (χ0v) is 22.4.